The summed E-state index contributed by atoms with van der Waals surface area (Å²) in [5, 5.41) is 8.66. The summed E-state index contributed by atoms with van der Waals surface area (Å²) in [6.07, 6.45) is -4.79. The number of hydrogen-bond acceptors (Lipinski definition) is 3. The number of benzene rings is 1. The molecule has 0 atom stereocenters. The standard InChI is InChI=1S/C11H7F4NO2/c1-2-18-10(17)9-6(5-16)3-7(4-8(9)12)11(13,14)15/h3-4H,2H2,1H3. The molecule has 1 rings (SSSR count). The Kier molecular flexibility index (Phi) is 3.91. The summed E-state index contributed by atoms with van der Waals surface area (Å²) in [6, 6.07) is 1.92. The molecule has 1 aromatic carbocycles. The van der Waals surface area contributed by atoms with Gasteiger partial charge in [0.2, 0.25) is 0 Å². The molecule has 0 N–H and O–H groups in total. The Labute approximate surface area is 99.6 Å². The van der Waals surface area contributed by atoms with Crippen LogP contribution in [0.15, 0.2) is 12.1 Å². The monoisotopic (exact) mass is 261 g/mol. The molecule has 0 aliphatic rings. The third-order valence-electron chi connectivity index (χ3n) is 2.02. The first-order valence-corrected chi connectivity index (χ1v) is 4.79. The van der Waals surface area contributed by atoms with Crippen molar-refractivity contribution in [2.75, 3.05) is 6.61 Å². The highest BCUT2D eigenvalue weighted by Gasteiger charge is 2.33. The third kappa shape index (κ3) is 2.77. The first-order chi connectivity index (χ1) is 8.31. The van der Waals surface area contributed by atoms with E-state index in [9.17, 15) is 22.4 Å². The summed E-state index contributed by atoms with van der Waals surface area (Å²) in [7, 11) is 0. The van der Waals surface area contributed by atoms with Gasteiger partial charge in [0.05, 0.1) is 17.7 Å². The minimum absolute atomic E-state index is 0.0792. The molecule has 0 saturated carbocycles. The summed E-state index contributed by atoms with van der Waals surface area (Å²) < 4.78 is 55.0. The molecule has 0 fully saturated rings. The van der Waals surface area contributed by atoms with Gasteiger partial charge in [-0.15, -0.1) is 0 Å². The fourth-order valence-electron chi connectivity index (χ4n) is 1.27. The van der Waals surface area contributed by atoms with Crippen LogP contribution in [-0.2, 0) is 10.9 Å². The van der Waals surface area contributed by atoms with Crippen LogP contribution >= 0.6 is 0 Å². The highest BCUT2D eigenvalue weighted by Crippen LogP contribution is 2.31. The number of alkyl halides is 3. The topological polar surface area (TPSA) is 50.1 Å². The van der Waals surface area contributed by atoms with Crippen molar-refractivity contribution in [3.05, 3.63) is 34.6 Å². The zero-order chi connectivity index (χ0) is 13.9. The van der Waals surface area contributed by atoms with Crippen molar-refractivity contribution in [1.82, 2.24) is 0 Å². The summed E-state index contributed by atoms with van der Waals surface area (Å²) >= 11 is 0. The minimum Gasteiger partial charge on any atom is -0.462 e. The van der Waals surface area contributed by atoms with E-state index in [1.807, 2.05) is 0 Å². The predicted molar refractivity (Wildman–Crippen MR) is 52.1 cm³/mol. The smallest absolute Gasteiger partial charge is 0.416 e. The molecule has 18 heavy (non-hydrogen) atoms. The molecule has 3 nitrogen and oxygen atoms in total. The highest BCUT2D eigenvalue weighted by molar-refractivity contribution is 5.92. The van der Waals surface area contributed by atoms with Gasteiger partial charge in [0.25, 0.3) is 0 Å². The van der Waals surface area contributed by atoms with Gasteiger partial charge < -0.3 is 4.74 Å². The number of rotatable bonds is 2. The van der Waals surface area contributed by atoms with E-state index < -0.39 is 34.7 Å². The summed E-state index contributed by atoms with van der Waals surface area (Å²) in [5.41, 5.74) is -2.82. The Bertz CT molecular complexity index is 517. The summed E-state index contributed by atoms with van der Waals surface area (Å²) in [4.78, 5) is 11.3. The van der Waals surface area contributed by atoms with Crippen LogP contribution in [0.25, 0.3) is 0 Å². The van der Waals surface area contributed by atoms with Crippen LogP contribution in [0.1, 0.15) is 28.4 Å². The third-order valence-corrected chi connectivity index (χ3v) is 2.02. The van der Waals surface area contributed by atoms with E-state index in [2.05, 4.69) is 4.74 Å². The number of carbonyl (C=O) groups excluding carboxylic acids is 1. The lowest BCUT2D eigenvalue weighted by atomic mass is 10.0. The molecule has 0 radical (unpaired) electrons. The number of esters is 1. The van der Waals surface area contributed by atoms with Crippen molar-refractivity contribution in [2.45, 2.75) is 13.1 Å². The van der Waals surface area contributed by atoms with Gasteiger partial charge in [-0.2, -0.15) is 18.4 Å². The van der Waals surface area contributed by atoms with Crippen molar-refractivity contribution in [1.29, 1.82) is 5.26 Å². The van der Waals surface area contributed by atoms with Gasteiger partial charge in [-0.1, -0.05) is 0 Å². The van der Waals surface area contributed by atoms with Gasteiger partial charge in [-0.3, -0.25) is 0 Å². The van der Waals surface area contributed by atoms with Gasteiger partial charge in [0.1, 0.15) is 17.4 Å². The van der Waals surface area contributed by atoms with E-state index in [0.29, 0.717) is 6.07 Å². The van der Waals surface area contributed by atoms with Crippen LogP contribution in [0.5, 0.6) is 0 Å². The van der Waals surface area contributed by atoms with Gasteiger partial charge in [0.15, 0.2) is 0 Å². The minimum atomic E-state index is -4.79. The van der Waals surface area contributed by atoms with Gasteiger partial charge in [-0.05, 0) is 19.1 Å². The van der Waals surface area contributed by atoms with E-state index >= 15 is 0 Å². The average Bonchev–Trinajstić information content (AvgIpc) is 2.26. The molecule has 0 unspecified atom stereocenters. The van der Waals surface area contributed by atoms with Gasteiger partial charge in [-0.25, -0.2) is 9.18 Å². The Hall–Kier alpha value is -2.10. The van der Waals surface area contributed by atoms with Gasteiger partial charge in [0, 0.05) is 0 Å². The molecule has 0 spiro atoms. The Morgan fingerprint density at radius 1 is 1.44 bits per heavy atom. The molecule has 0 bridgehead atoms. The maximum atomic E-state index is 13.4. The molecule has 0 amide bonds. The number of carbonyl (C=O) groups is 1. The molecule has 0 saturated heterocycles. The molecule has 0 aliphatic heterocycles. The van der Waals surface area contributed by atoms with Crippen molar-refractivity contribution < 1.29 is 27.1 Å². The van der Waals surface area contributed by atoms with Crippen molar-refractivity contribution in [3.8, 4) is 6.07 Å². The van der Waals surface area contributed by atoms with Gasteiger partial charge >= 0.3 is 12.1 Å². The largest absolute Gasteiger partial charge is 0.462 e. The Balaban J connectivity index is 3.39. The maximum absolute atomic E-state index is 13.4. The lowest BCUT2D eigenvalue weighted by molar-refractivity contribution is -0.137. The van der Waals surface area contributed by atoms with Crippen molar-refractivity contribution >= 4 is 5.97 Å². The first kappa shape index (κ1) is 14.0. The SMILES string of the molecule is CCOC(=O)c1c(F)cc(C(F)(F)F)cc1C#N. The summed E-state index contributed by atoms with van der Waals surface area (Å²) in [5.74, 6) is -2.60. The quantitative estimate of drug-likeness (QED) is 0.607. The van der Waals surface area contributed by atoms with E-state index in [1.54, 1.807) is 0 Å². The second kappa shape index (κ2) is 5.04. The fraction of sp³-hybridized carbons (Fsp3) is 0.273. The molecular weight excluding hydrogens is 254 g/mol. The van der Waals surface area contributed by atoms with Crippen molar-refractivity contribution in [2.24, 2.45) is 0 Å². The molecule has 96 valence electrons. The Morgan fingerprint density at radius 3 is 2.50 bits per heavy atom. The second-order valence-corrected chi connectivity index (χ2v) is 3.21. The highest BCUT2D eigenvalue weighted by atomic mass is 19.4. The first-order valence-electron chi connectivity index (χ1n) is 4.79. The average molecular weight is 261 g/mol. The number of halogens is 4. The lowest BCUT2D eigenvalue weighted by Crippen LogP contribution is -2.13. The normalized spacial score (nSPS) is 10.9. The maximum Gasteiger partial charge on any atom is 0.416 e. The van der Waals surface area contributed by atoms with E-state index in [0.717, 1.165) is 0 Å². The van der Waals surface area contributed by atoms with Crippen LogP contribution in [0.3, 0.4) is 0 Å². The van der Waals surface area contributed by atoms with Crippen molar-refractivity contribution in [3.63, 3.8) is 0 Å². The predicted octanol–water partition coefficient (Wildman–Crippen LogP) is 2.89. The van der Waals surface area contributed by atoms with Crippen LogP contribution in [-0.4, -0.2) is 12.6 Å². The van der Waals surface area contributed by atoms with E-state index in [4.69, 9.17) is 5.26 Å². The van der Waals surface area contributed by atoms with Crippen LogP contribution in [0.4, 0.5) is 17.6 Å². The second-order valence-electron chi connectivity index (χ2n) is 3.21. The number of hydrogen-bond donors (Lipinski definition) is 0. The zero-order valence-electron chi connectivity index (χ0n) is 9.14. The summed E-state index contributed by atoms with van der Waals surface area (Å²) in [6.45, 7) is 1.37. The van der Waals surface area contributed by atoms with Crippen LogP contribution in [0, 0.1) is 17.1 Å². The number of nitrogens with zero attached hydrogens (tertiary/aromatic N) is 1. The van der Waals surface area contributed by atoms with E-state index in [-0.39, 0.29) is 12.7 Å². The Morgan fingerprint density at radius 2 is 2.06 bits per heavy atom. The molecular formula is C11H7F4NO2. The number of ether oxygens (including phenoxy) is 1. The lowest BCUT2D eigenvalue weighted by Gasteiger charge is -2.10. The molecule has 0 aromatic heterocycles. The van der Waals surface area contributed by atoms with Crippen LogP contribution in [0.2, 0.25) is 0 Å². The molecule has 7 heteroatoms. The van der Waals surface area contributed by atoms with Crippen LogP contribution < -0.4 is 0 Å². The molecule has 0 heterocycles. The zero-order valence-corrected chi connectivity index (χ0v) is 9.14. The molecule has 1 aromatic rings. The molecule has 0 aliphatic carbocycles. The van der Waals surface area contributed by atoms with E-state index in [1.165, 1.54) is 13.0 Å². The number of nitriles is 1. The fourth-order valence-corrected chi connectivity index (χ4v) is 1.27.